The molecular weight excluding hydrogens is 334 g/mol. The van der Waals surface area contributed by atoms with Gasteiger partial charge in [-0.2, -0.15) is 0 Å². The van der Waals surface area contributed by atoms with Crippen LogP contribution in [0.2, 0.25) is 0 Å². The van der Waals surface area contributed by atoms with E-state index >= 15 is 0 Å². The molecule has 0 spiro atoms. The first-order chi connectivity index (χ1) is 7.86. The maximum atomic E-state index is 6.02. The molecule has 0 fully saturated rings. The molecule has 0 amide bonds. The van der Waals surface area contributed by atoms with Gasteiger partial charge in [0.25, 0.3) is 0 Å². The number of nitrogens with two attached hydrogens (primary N) is 1. The quantitative estimate of drug-likeness (QED) is 0.543. The Morgan fingerprint density at radius 1 is 0.938 bits per heavy atom. The number of aromatic nitrogens is 3. The Labute approximate surface area is 104 Å². The summed E-state index contributed by atoms with van der Waals surface area (Å²) in [5.74, 6) is 7.52. The zero-order valence-corrected chi connectivity index (χ0v) is 11.6. The predicted octanol–water partition coefficient (Wildman–Crippen LogP) is 0.440. The summed E-state index contributed by atoms with van der Waals surface area (Å²) in [7, 11) is 0. The van der Waals surface area contributed by atoms with Gasteiger partial charge in [0.15, 0.2) is 0 Å². The average Bonchev–Trinajstić information content (AvgIpc) is 2.96. The number of nitrogens with zero attached hydrogens (tertiary/aromatic N) is 3. The van der Waals surface area contributed by atoms with Gasteiger partial charge in [-0.15, -0.1) is 0 Å². The van der Waals surface area contributed by atoms with Gasteiger partial charge >= 0.3 is 104 Å². The Balaban J connectivity index is 2.12. The van der Waals surface area contributed by atoms with Crippen LogP contribution in [0.5, 0.6) is 0 Å². The summed E-state index contributed by atoms with van der Waals surface area (Å²) in [6, 6.07) is 4.11. The molecule has 80 valence electrons. The summed E-state index contributed by atoms with van der Waals surface area (Å²) >= 11 is 0.883. The van der Waals surface area contributed by atoms with Crippen LogP contribution in [0.1, 0.15) is 0 Å². The molecule has 0 aliphatic rings. The topological polar surface area (TPSA) is 56.7 Å². The molecule has 3 aromatic rings. The first kappa shape index (κ1) is 10.1. The van der Waals surface area contributed by atoms with Crippen molar-refractivity contribution in [3.05, 3.63) is 31.9 Å². The Morgan fingerprint density at radius 3 is 1.81 bits per heavy atom. The van der Waals surface area contributed by atoms with Crippen LogP contribution in [-0.2, 0) is 0 Å². The standard InChI is InChI=1S/C10H8N4Se2/c11-14-9(7-1-3-15-5-7)12-13-10(14)8-2-4-16-6-8/h1-6H,11H2. The number of nitrogen functional groups attached to an aromatic ring is 1. The third-order valence-electron chi connectivity index (χ3n) is 2.25. The third-order valence-corrected chi connectivity index (χ3v) is 5.12. The van der Waals surface area contributed by atoms with Crippen LogP contribution in [0, 0.1) is 0 Å². The maximum absolute atomic E-state index is 6.02. The first-order valence-corrected chi connectivity index (χ1v) is 8.57. The fraction of sp³-hybridized carbons (Fsp3) is 0. The molecular formula is C10H8N4Se2. The molecule has 0 bridgehead atoms. The molecule has 3 aromatic heterocycles. The Bertz CT molecular complexity index is 529. The Hall–Kier alpha value is -1.06. The van der Waals surface area contributed by atoms with Crippen LogP contribution in [0.3, 0.4) is 0 Å². The third kappa shape index (κ3) is 1.60. The fourth-order valence-electron chi connectivity index (χ4n) is 1.47. The van der Waals surface area contributed by atoms with Gasteiger partial charge in [0.2, 0.25) is 0 Å². The molecule has 0 aliphatic heterocycles. The first-order valence-electron chi connectivity index (χ1n) is 4.62. The average molecular weight is 342 g/mol. The molecule has 0 radical (unpaired) electrons. The summed E-state index contributed by atoms with van der Waals surface area (Å²) in [4.78, 5) is 8.61. The fourth-order valence-corrected chi connectivity index (χ4v) is 4.13. The second kappa shape index (κ2) is 4.07. The number of hydrogen-bond donors (Lipinski definition) is 1. The second-order valence-electron chi connectivity index (χ2n) is 3.24. The van der Waals surface area contributed by atoms with Crippen LogP contribution >= 0.6 is 0 Å². The van der Waals surface area contributed by atoms with E-state index in [0.717, 1.165) is 22.8 Å². The van der Waals surface area contributed by atoms with Crippen LogP contribution in [-0.4, -0.2) is 43.9 Å². The molecule has 4 nitrogen and oxygen atoms in total. The molecule has 3 rings (SSSR count). The molecule has 3 heterocycles. The Morgan fingerprint density at radius 2 is 1.44 bits per heavy atom. The summed E-state index contributed by atoms with van der Waals surface area (Å²) in [6.07, 6.45) is 0. The predicted molar refractivity (Wildman–Crippen MR) is 64.9 cm³/mol. The summed E-state index contributed by atoms with van der Waals surface area (Å²) < 4.78 is 1.58. The van der Waals surface area contributed by atoms with Crippen molar-refractivity contribution in [1.82, 2.24) is 14.9 Å². The minimum absolute atomic E-state index is 0.442. The van der Waals surface area contributed by atoms with Crippen molar-refractivity contribution in [3.63, 3.8) is 0 Å². The molecule has 0 saturated heterocycles. The SMILES string of the molecule is Nn1c(-c2cc[se]c2)nnc1-c1cc[se]c1. The van der Waals surface area contributed by atoms with E-state index in [1.165, 1.54) is 0 Å². The van der Waals surface area contributed by atoms with Gasteiger partial charge in [0, 0.05) is 0 Å². The summed E-state index contributed by atoms with van der Waals surface area (Å²) in [6.45, 7) is 0. The van der Waals surface area contributed by atoms with Gasteiger partial charge in [-0.25, -0.2) is 0 Å². The van der Waals surface area contributed by atoms with E-state index in [4.69, 9.17) is 5.84 Å². The minimum atomic E-state index is 0.442. The summed E-state index contributed by atoms with van der Waals surface area (Å²) in [5.41, 5.74) is 2.16. The van der Waals surface area contributed by atoms with Gasteiger partial charge in [-0.05, 0) is 0 Å². The van der Waals surface area contributed by atoms with Gasteiger partial charge in [0.05, 0.1) is 0 Å². The van der Waals surface area contributed by atoms with Crippen molar-refractivity contribution < 1.29 is 0 Å². The van der Waals surface area contributed by atoms with Crippen molar-refractivity contribution in [3.8, 4) is 22.8 Å². The molecule has 6 heteroatoms. The normalized spacial score (nSPS) is 10.8. The van der Waals surface area contributed by atoms with Gasteiger partial charge < -0.3 is 0 Å². The van der Waals surface area contributed by atoms with E-state index < -0.39 is 0 Å². The van der Waals surface area contributed by atoms with E-state index in [2.05, 4.69) is 42.1 Å². The summed E-state index contributed by atoms with van der Waals surface area (Å²) in [5, 5.41) is 8.31. The van der Waals surface area contributed by atoms with Crippen molar-refractivity contribution in [2.24, 2.45) is 0 Å². The molecule has 0 aliphatic carbocycles. The van der Waals surface area contributed by atoms with Gasteiger partial charge in [-0.3, -0.25) is 0 Å². The van der Waals surface area contributed by atoms with Crippen LogP contribution in [0.25, 0.3) is 22.8 Å². The molecule has 16 heavy (non-hydrogen) atoms. The van der Waals surface area contributed by atoms with E-state index in [1.54, 1.807) is 4.68 Å². The van der Waals surface area contributed by atoms with Crippen molar-refractivity contribution in [2.75, 3.05) is 5.84 Å². The second-order valence-corrected chi connectivity index (χ2v) is 6.51. The van der Waals surface area contributed by atoms with Crippen molar-refractivity contribution in [1.29, 1.82) is 0 Å². The van der Waals surface area contributed by atoms with Gasteiger partial charge in [-0.1, -0.05) is 0 Å². The van der Waals surface area contributed by atoms with E-state index in [1.807, 2.05) is 0 Å². The molecule has 2 N–H and O–H groups in total. The molecule has 0 unspecified atom stereocenters. The number of hydrogen-bond acceptors (Lipinski definition) is 3. The zero-order chi connectivity index (χ0) is 11.0. The van der Waals surface area contributed by atoms with E-state index in [9.17, 15) is 0 Å². The number of rotatable bonds is 2. The molecule has 0 atom stereocenters. The molecule has 0 aromatic carbocycles. The van der Waals surface area contributed by atoms with Crippen LogP contribution in [0.15, 0.2) is 31.9 Å². The van der Waals surface area contributed by atoms with Crippen LogP contribution in [0.4, 0.5) is 0 Å². The zero-order valence-electron chi connectivity index (χ0n) is 8.20. The Kier molecular flexibility index (Phi) is 2.57. The molecule has 0 saturated carbocycles. The van der Waals surface area contributed by atoms with Crippen molar-refractivity contribution >= 4 is 29.0 Å². The van der Waals surface area contributed by atoms with Gasteiger partial charge in [0.1, 0.15) is 0 Å². The monoisotopic (exact) mass is 344 g/mol. The van der Waals surface area contributed by atoms with Crippen LogP contribution < -0.4 is 5.84 Å². The van der Waals surface area contributed by atoms with Crippen molar-refractivity contribution in [2.45, 2.75) is 0 Å². The van der Waals surface area contributed by atoms with E-state index in [0.29, 0.717) is 29.0 Å². The van der Waals surface area contributed by atoms with E-state index in [-0.39, 0.29) is 0 Å².